The van der Waals surface area contributed by atoms with Crippen molar-refractivity contribution in [1.29, 1.82) is 0 Å². The van der Waals surface area contributed by atoms with Crippen molar-refractivity contribution < 1.29 is 14.3 Å². The minimum Gasteiger partial charge on any atom is -0.494 e. The molecule has 2 aromatic carbocycles. The second kappa shape index (κ2) is 10.4. The number of ether oxygens (including phenoxy) is 2. The number of nitrogens with zero attached hydrogens (tertiary/aromatic N) is 1. The second-order valence-electron chi connectivity index (χ2n) is 6.90. The lowest BCUT2D eigenvalue weighted by Crippen LogP contribution is -2.08. The molecule has 3 aromatic rings. The van der Waals surface area contributed by atoms with E-state index >= 15 is 0 Å². The molecule has 4 nitrogen and oxygen atoms in total. The zero-order valence-electron chi connectivity index (χ0n) is 17.1. The highest BCUT2D eigenvalue weighted by Crippen LogP contribution is 2.21. The Hall–Kier alpha value is -3.14. The van der Waals surface area contributed by atoms with Crippen LogP contribution in [0.3, 0.4) is 0 Å². The molecule has 29 heavy (non-hydrogen) atoms. The van der Waals surface area contributed by atoms with Crippen molar-refractivity contribution in [3.63, 3.8) is 0 Å². The van der Waals surface area contributed by atoms with E-state index < -0.39 is 0 Å². The molecular weight excluding hydrogens is 362 g/mol. The SMILES string of the molecule is CCCCCOc1ccc(OC(=O)c2ccc(-c3ccc(CC)cn3)cc2)cc1. The predicted octanol–water partition coefficient (Wildman–Crippen LogP) is 6.10. The highest BCUT2D eigenvalue weighted by atomic mass is 16.5. The molecule has 0 unspecified atom stereocenters. The van der Waals surface area contributed by atoms with Gasteiger partial charge in [0.15, 0.2) is 0 Å². The van der Waals surface area contributed by atoms with Crippen LogP contribution in [0.1, 0.15) is 49.0 Å². The summed E-state index contributed by atoms with van der Waals surface area (Å²) >= 11 is 0. The fraction of sp³-hybridized carbons (Fsp3) is 0.280. The standard InChI is InChI=1S/C25H27NO3/c1-3-5-6-17-28-22-12-14-23(15-13-22)29-25(27)21-10-8-20(9-11-21)24-16-7-19(4-2)18-26-24/h7-16,18H,3-6,17H2,1-2H3. The molecule has 0 fully saturated rings. The quantitative estimate of drug-likeness (QED) is 0.252. The number of unbranched alkanes of at least 4 members (excludes halogenated alkanes) is 2. The molecule has 0 aliphatic carbocycles. The molecule has 0 spiro atoms. The summed E-state index contributed by atoms with van der Waals surface area (Å²) in [4.78, 5) is 16.9. The van der Waals surface area contributed by atoms with Crippen LogP contribution in [0.25, 0.3) is 11.3 Å². The van der Waals surface area contributed by atoms with Crippen LogP contribution in [0.15, 0.2) is 66.9 Å². The summed E-state index contributed by atoms with van der Waals surface area (Å²) in [7, 11) is 0. The summed E-state index contributed by atoms with van der Waals surface area (Å²) < 4.78 is 11.1. The second-order valence-corrected chi connectivity index (χ2v) is 6.90. The number of hydrogen-bond donors (Lipinski definition) is 0. The Morgan fingerprint density at radius 1 is 0.862 bits per heavy atom. The molecule has 0 atom stereocenters. The van der Waals surface area contributed by atoms with Crippen LogP contribution in [0, 0.1) is 0 Å². The molecule has 0 bridgehead atoms. The summed E-state index contributed by atoms with van der Waals surface area (Å²) in [5.74, 6) is 0.895. The van der Waals surface area contributed by atoms with Crippen molar-refractivity contribution in [3.05, 3.63) is 78.0 Å². The Morgan fingerprint density at radius 3 is 2.21 bits per heavy atom. The first-order valence-corrected chi connectivity index (χ1v) is 10.2. The number of carbonyl (C=O) groups is 1. The number of carbonyl (C=O) groups excluding carboxylic acids is 1. The van der Waals surface area contributed by atoms with Gasteiger partial charge in [-0.05, 0) is 60.9 Å². The van der Waals surface area contributed by atoms with Crippen molar-refractivity contribution in [1.82, 2.24) is 4.98 Å². The van der Waals surface area contributed by atoms with E-state index in [0.29, 0.717) is 17.9 Å². The van der Waals surface area contributed by atoms with Gasteiger partial charge in [-0.3, -0.25) is 4.98 Å². The van der Waals surface area contributed by atoms with Gasteiger partial charge >= 0.3 is 5.97 Å². The molecule has 0 saturated heterocycles. The Kier molecular flexibility index (Phi) is 7.40. The molecule has 1 aromatic heterocycles. The lowest BCUT2D eigenvalue weighted by Gasteiger charge is -2.08. The third-order valence-corrected chi connectivity index (χ3v) is 4.70. The number of esters is 1. The molecular formula is C25H27NO3. The van der Waals surface area contributed by atoms with Crippen LogP contribution in [0.5, 0.6) is 11.5 Å². The van der Waals surface area contributed by atoms with Gasteiger partial charge in [0.1, 0.15) is 11.5 Å². The molecule has 150 valence electrons. The average Bonchev–Trinajstić information content (AvgIpc) is 2.78. The number of aryl methyl sites for hydroxylation is 1. The van der Waals surface area contributed by atoms with Gasteiger partial charge in [0, 0.05) is 11.8 Å². The third-order valence-electron chi connectivity index (χ3n) is 4.70. The van der Waals surface area contributed by atoms with Crippen LogP contribution >= 0.6 is 0 Å². The first-order valence-electron chi connectivity index (χ1n) is 10.2. The average molecular weight is 389 g/mol. The van der Waals surface area contributed by atoms with Crippen LogP contribution in [-0.2, 0) is 6.42 Å². The predicted molar refractivity (Wildman–Crippen MR) is 115 cm³/mol. The molecule has 0 radical (unpaired) electrons. The van der Waals surface area contributed by atoms with E-state index in [1.165, 1.54) is 12.0 Å². The lowest BCUT2D eigenvalue weighted by atomic mass is 10.1. The largest absolute Gasteiger partial charge is 0.494 e. The van der Waals surface area contributed by atoms with Gasteiger partial charge in [-0.15, -0.1) is 0 Å². The van der Waals surface area contributed by atoms with Gasteiger partial charge in [-0.2, -0.15) is 0 Å². The Labute approximate surface area is 172 Å². The number of pyridine rings is 1. The van der Waals surface area contributed by atoms with Gasteiger partial charge in [0.05, 0.1) is 17.9 Å². The van der Waals surface area contributed by atoms with Crippen LogP contribution < -0.4 is 9.47 Å². The Morgan fingerprint density at radius 2 is 1.59 bits per heavy atom. The maximum atomic E-state index is 12.4. The van der Waals surface area contributed by atoms with Crippen molar-refractivity contribution in [2.45, 2.75) is 39.5 Å². The molecule has 4 heteroatoms. The van der Waals surface area contributed by atoms with Crippen molar-refractivity contribution in [2.24, 2.45) is 0 Å². The number of hydrogen-bond acceptors (Lipinski definition) is 4. The first-order chi connectivity index (χ1) is 14.2. The van der Waals surface area contributed by atoms with Gasteiger partial charge < -0.3 is 9.47 Å². The molecule has 1 heterocycles. The van der Waals surface area contributed by atoms with Crippen LogP contribution in [0.4, 0.5) is 0 Å². The third kappa shape index (κ3) is 5.92. The normalized spacial score (nSPS) is 10.6. The van der Waals surface area contributed by atoms with Gasteiger partial charge in [-0.25, -0.2) is 4.79 Å². The van der Waals surface area contributed by atoms with Crippen molar-refractivity contribution in [3.8, 4) is 22.8 Å². The molecule has 0 amide bonds. The van der Waals surface area contributed by atoms with E-state index in [2.05, 4.69) is 24.9 Å². The Balaban J connectivity index is 1.57. The summed E-state index contributed by atoms with van der Waals surface area (Å²) in [6, 6.07) is 18.5. The molecule has 0 aliphatic rings. The van der Waals surface area contributed by atoms with Crippen LogP contribution in [0.2, 0.25) is 0 Å². The number of benzene rings is 2. The van der Waals surface area contributed by atoms with E-state index in [0.717, 1.165) is 36.3 Å². The maximum Gasteiger partial charge on any atom is 0.343 e. The molecule has 3 rings (SSSR count). The summed E-state index contributed by atoms with van der Waals surface area (Å²) in [6.07, 6.45) is 6.22. The minimum atomic E-state index is -0.387. The van der Waals surface area contributed by atoms with E-state index in [-0.39, 0.29) is 5.97 Å². The summed E-state index contributed by atoms with van der Waals surface area (Å²) in [6.45, 7) is 4.97. The molecule has 0 N–H and O–H groups in total. The highest BCUT2D eigenvalue weighted by molar-refractivity contribution is 5.91. The monoisotopic (exact) mass is 389 g/mol. The molecule has 0 aliphatic heterocycles. The Bertz CT molecular complexity index is 900. The molecule has 0 saturated carbocycles. The number of rotatable bonds is 9. The fourth-order valence-electron chi connectivity index (χ4n) is 2.89. The fourth-order valence-corrected chi connectivity index (χ4v) is 2.89. The van der Waals surface area contributed by atoms with Crippen molar-refractivity contribution in [2.75, 3.05) is 6.61 Å². The van der Waals surface area contributed by atoms with Crippen molar-refractivity contribution >= 4 is 5.97 Å². The highest BCUT2D eigenvalue weighted by Gasteiger charge is 2.09. The van der Waals surface area contributed by atoms with Gasteiger partial charge in [-0.1, -0.05) is 44.9 Å². The first kappa shape index (κ1) is 20.6. The zero-order valence-corrected chi connectivity index (χ0v) is 17.1. The topological polar surface area (TPSA) is 48.4 Å². The van der Waals surface area contributed by atoms with Crippen LogP contribution in [-0.4, -0.2) is 17.6 Å². The number of aromatic nitrogens is 1. The zero-order chi connectivity index (χ0) is 20.5. The van der Waals surface area contributed by atoms with Gasteiger partial charge in [0.25, 0.3) is 0 Å². The van der Waals surface area contributed by atoms with Gasteiger partial charge in [0.2, 0.25) is 0 Å². The maximum absolute atomic E-state index is 12.4. The summed E-state index contributed by atoms with van der Waals surface area (Å²) in [5, 5.41) is 0. The minimum absolute atomic E-state index is 0.387. The van der Waals surface area contributed by atoms with E-state index in [1.54, 1.807) is 24.3 Å². The van der Waals surface area contributed by atoms with E-state index in [1.807, 2.05) is 36.5 Å². The lowest BCUT2D eigenvalue weighted by molar-refractivity contribution is 0.0734. The van der Waals surface area contributed by atoms with E-state index in [4.69, 9.17) is 9.47 Å². The smallest absolute Gasteiger partial charge is 0.343 e. The summed E-state index contributed by atoms with van der Waals surface area (Å²) in [5.41, 5.74) is 3.55. The van der Waals surface area contributed by atoms with E-state index in [9.17, 15) is 4.79 Å².